The van der Waals surface area contributed by atoms with Gasteiger partial charge in [-0.05, 0) is 49.6 Å². The predicted octanol–water partition coefficient (Wildman–Crippen LogP) is 4.09. The lowest BCUT2D eigenvalue weighted by atomic mass is 10.2. The summed E-state index contributed by atoms with van der Waals surface area (Å²) in [5, 5.41) is 18.4. The molecule has 3 rings (SSSR count). The van der Waals surface area contributed by atoms with Gasteiger partial charge >= 0.3 is 0 Å². The van der Waals surface area contributed by atoms with Crippen LogP contribution in [0.2, 0.25) is 0 Å². The van der Waals surface area contributed by atoms with Crippen LogP contribution in [0.1, 0.15) is 43.2 Å². The molecule has 37 heavy (non-hydrogen) atoms. The SMILES string of the molecule is CCCNC(=O)c1nn(-c2ccc(F)cc2)c(Oc2ccc([N+](=O)[O-])cc2S(=O)(=O)NCC(C)C)c1C. The number of nitro groups is 1. The number of carbonyl (C=O) groups excluding carboxylic acids is 1. The minimum atomic E-state index is -4.22. The number of sulfonamides is 1. The Hall–Kier alpha value is -3.84. The van der Waals surface area contributed by atoms with Crippen LogP contribution in [0, 0.1) is 28.8 Å². The minimum absolute atomic E-state index is 0.0116. The van der Waals surface area contributed by atoms with Crippen LogP contribution >= 0.6 is 0 Å². The average Bonchev–Trinajstić information content (AvgIpc) is 3.17. The van der Waals surface area contributed by atoms with Crippen molar-refractivity contribution in [1.82, 2.24) is 19.8 Å². The molecule has 0 aliphatic rings. The average molecular weight is 534 g/mol. The predicted molar refractivity (Wildman–Crippen MR) is 134 cm³/mol. The monoisotopic (exact) mass is 533 g/mol. The molecular weight excluding hydrogens is 505 g/mol. The molecule has 0 unspecified atom stereocenters. The summed E-state index contributed by atoms with van der Waals surface area (Å²) in [5.41, 5.74) is 0.214. The molecule has 0 saturated carbocycles. The quantitative estimate of drug-likeness (QED) is 0.279. The Morgan fingerprint density at radius 2 is 1.89 bits per heavy atom. The van der Waals surface area contributed by atoms with Gasteiger partial charge in [0.1, 0.15) is 16.5 Å². The van der Waals surface area contributed by atoms with Gasteiger partial charge in [0, 0.05) is 30.8 Å². The van der Waals surface area contributed by atoms with E-state index in [0.717, 1.165) is 12.1 Å². The van der Waals surface area contributed by atoms with Crippen LogP contribution in [-0.2, 0) is 10.0 Å². The van der Waals surface area contributed by atoms with Crippen LogP contribution in [0.25, 0.3) is 5.69 Å². The fourth-order valence-corrected chi connectivity index (χ4v) is 4.62. The van der Waals surface area contributed by atoms with E-state index in [2.05, 4.69) is 15.1 Å². The van der Waals surface area contributed by atoms with Gasteiger partial charge in [-0.25, -0.2) is 17.5 Å². The number of hydrogen-bond acceptors (Lipinski definition) is 7. The van der Waals surface area contributed by atoms with E-state index in [4.69, 9.17) is 4.74 Å². The number of nitrogens with zero attached hydrogens (tertiary/aromatic N) is 3. The molecule has 13 heteroatoms. The third-order valence-corrected chi connectivity index (χ3v) is 6.65. The molecule has 0 aliphatic heterocycles. The number of nitro benzene ring substituents is 1. The number of rotatable bonds is 11. The second kappa shape index (κ2) is 11.5. The number of carbonyl (C=O) groups is 1. The molecule has 1 amide bonds. The molecule has 3 aromatic rings. The fraction of sp³-hybridized carbons (Fsp3) is 0.333. The lowest BCUT2D eigenvalue weighted by Crippen LogP contribution is -2.28. The Labute approximate surface area is 213 Å². The van der Waals surface area contributed by atoms with Crippen molar-refractivity contribution in [2.75, 3.05) is 13.1 Å². The zero-order valence-electron chi connectivity index (χ0n) is 20.8. The molecule has 0 saturated heterocycles. The van der Waals surface area contributed by atoms with Crippen molar-refractivity contribution in [1.29, 1.82) is 0 Å². The van der Waals surface area contributed by atoms with E-state index in [9.17, 15) is 27.7 Å². The summed E-state index contributed by atoms with van der Waals surface area (Å²) in [7, 11) is -4.22. The third-order valence-electron chi connectivity index (χ3n) is 5.21. The molecule has 2 aromatic carbocycles. The van der Waals surface area contributed by atoms with Gasteiger partial charge in [0.2, 0.25) is 15.9 Å². The zero-order chi connectivity index (χ0) is 27.3. The van der Waals surface area contributed by atoms with Crippen molar-refractivity contribution in [3.05, 3.63) is 69.7 Å². The molecule has 198 valence electrons. The summed E-state index contributed by atoms with van der Waals surface area (Å²) in [6.45, 7) is 7.58. The van der Waals surface area contributed by atoms with Gasteiger partial charge in [-0.1, -0.05) is 20.8 Å². The normalized spacial score (nSPS) is 11.5. The fourth-order valence-electron chi connectivity index (χ4n) is 3.26. The highest BCUT2D eigenvalue weighted by Crippen LogP contribution is 2.35. The van der Waals surface area contributed by atoms with Gasteiger partial charge in [-0.15, -0.1) is 0 Å². The highest BCUT2D eigenvalue weighted by Gasteiger charge is 2.28. The Balaban J connectivity index is 2.17. The topological polar surface area (TPSA) is 145 Å². The van der Waals surface area contributed by atoms with Crippen molar-refractivity contribution in [2.45, 2.75) is 39.0 Å². The Kier molecular flexibility index (Phi) is 8.61. The van der Waals surface area contributed by atoms with Crippen molar-refractivity contribution >= 4 is 21.6 Å². The summed E-state index contributed by atoms with van der Waals surface area (Å²) in [5.74, 6) is -1.21. The number of aromatic nitrogens is 2. The molecule has 11 nitrogen and oxygen atoms in total. The standard InChI is InChI=1S/C24H28FN5O6S/c1-5-12-26-23(31)22-16(4)24(29(28-22)18-8-6-17(25)7-9-18)36-20-11-10-19(30(32)33)13-21(20)37(34,35)27-14-15(2)3/h6-11,13,15,27H,5,12,14H2,1-4H3,(H,26,31). The van der Waals surface area contributed by atoms with Gasteiger partial charge in [0.15, 0.2) is 5.69 Å². The van der Waals surface area contributed by atoms with Gasteiger partial charge in [0.05, 0.1) is 10.6 Å². The van der Waals surface area contributed by atoms with Crippen LogP contribution in [0.4, 0.5) is 10.1 Å². The Bertz CT molecular complexity index is 1400. The largest absolute Gasteiger partial charge is 0.437 e. The van der Waals surface area contributed by atoms with E-state index < -0.39 is 37.3 Å². The maximum absolute atomic E-state index is 13.6. The summed E-state index contributed by atoms with van der Waals surface area (Å²) < 4.78 is 49.4. The minimum Gasteiger partial charge on any atom is -0.437 e. The maximum Gasteiger partial charge on any atom is 0.272 e. The Morgan fingerprint density at radius 3 is 2.49 bits per heavy atom. The second-order valence-electron chi connectivity index (χ2n) is 8.66. The number of amides is 1. The number of nitrogens with one attached hydrogen (secondary N) is 2. The van der Waals surface area contributed by atoms with Gasteiger partial charge < -0.3 is 10.1 Å². The highest BCUT2D eigenvalue weighted by atomic mass is 32.2. The number of non-ortho nitro benzene ring substituents is 1. The molecule has 0 fully saturated rings. The molecule has 1 heterocycles. The molecular formula is C24H28FN5O6S. The summed E-state index contributed by atoms with van der Waals surface area (Å²) in [6.07, 6.45) is 0.695. The first-order valence-corrected chi connectivity index (χ1v) is 13.0. The summed E-state index contributed by atoms with van der Waals surface area (Å²) in [4.78, 5) is 22.9. The van der Waals surface area contributed by atoms with Gasteiger partial charge in [0.25, 0.3) is 11.6 Å². The molecule has 0 bridgehead atoms. The summed E-state index contributed by atoms with van der Waals surface area (Å²) >= 11 is 0. The zero-order valence-corrected chi connectivity index (χ0v) is 21.6. The van der Waals surface area contributed by atoms with Crippen LogP contribution in [0.3, 0.4) is 0 Å². The van der Waals surface area contributed by atoms with E-state index in [0.29, 0.717) is 18.7 Å². The van der Waals surface area contributed by atoms with Crippen molar-refractivity contribution in [3.8, 4) is 17.3 Å². The molecule has 1 aromatic heterocycles. The van der Waals surface area contributed by atoms with Crippen LogP contribution in [0.15, 0.2) is 47.4 Å². The molecule has 0 aliphatic carbocycles. The van der Waals surface area contributed by atoms with E-state index in [1.807, 2.05) is 20.8 Å². The lowest BCUT2D eigenvalue weighted by Gasteiger charge is -2.15. The van der Waals surface area contributed by atoms with Crippen molar-refractivity contribution < 1.29 is 27.3 Å². The number of halogens is 1. The first kappa shape index (κ1) is 27.7. The number of benzene rings is 2. The molecule has 0 radical (unpaired) electrons. The van der Waals surface area contributed by atoms with Crippen molar-refractivity contribution in [3.63, 3.8) is 0 Å². The first-order valence-electron chi connectivity index (χ1n) is 11.5. The lowest BCUT2D eigenvalue weighted by molar-refractivity contribution is -0.385. The molecule has 2 N–H and O–H groups in total. The summed E-state index contributed by atoms with van der Waals surface area (Å²) in [6, 6.07) is 8.41. The maximum atomic E-state index is 13.6. The van der Waals surface area contributed by atoms with Crippen LogP contribution in [0.5, 0.6) is 11.6 Å². The van der Waals surface area contributed by atoms with Crippen LogP contribution in [-0.4, -0.2) is 42.1 Å². The Morgan fingerprint density at radius 1 is 1.22 bits per heavy atom. The molecule has 0 atom stereocenters. The third kappa shape index (κ3) is 6.49. The smallest absolute Gasteiger partial charge is 0.272 e. The van der Waals surface area contributed by atoms with Gasteiger partial charge in [-0.3, -0.25) is 14.9 Å². The highest BCUT2D eigenvalue weighted by molar-refractivity contribution is 7.89. The van der Waals surface area contributed by atoms with E-state index in [1.165, 1.54) is 35.0 Å². The first-order chi connectivity index (χ1) is 17.4. The van der Waals surface area contributed by atoms with E-state index in [1.54, 1.807) is 6.92 Å². The van der Waals surface area contributed by atoms with Crippen molar-refractivity contribution in [2.24, 2.45) is 5.92 Å². The van der Waals surface area contributed by atoms with Gasteiger partial charge in [-0.2, -0.15) is 9.78 Å². The number of hydrogen-bond donors (Lipinski definition) is 2. The number of ether oxygens (including phenoxy) is 1. The van der Waals surface area contributed by atoms with Crippen LogP contribution < -0.4 is 14.8 Å². The molecule has 0 spiro atoms. The van der Waals surface area contributed by atoms with E-state index >= 15 is 0 Å². The second-order valence-corrected chi connectivity index (χ2v) is 10.4. The van der Waals surface area contributed by atoms with E-state index in [-0.39, 0.29) is 35.3 Å².